The Morgan fingerprint density at radius 3 is 2.74 bits per heavy atom. The maximum Gasteiger partial charge on any atom is 0.243 e. The zero-order valence-electron chi connectivity index (χ0n) is 13.1. The number of furan rings is 1. The number of hydrogen-bond acceptors (Lipinski definition) is 4. The van der Waals surface area contributed by atoms with Crippen LogP contribution in [0.5, 0.6) is 0 Å². The minimum atomic E-state index is -3.50. The average molecular weight is 332 g/mol. The van der Waals surface area contributed by atoms with Crippen LogP contribution in [0.25, 0.3) is 11.1 Å². The first kappa shape index (κ1) is 14.9. The van der Waals surface area contributed by atoms with Crippen LogP contribution in [0.3, 0.4) is 0 Å². The molecule has 0 bridgehead atoms. The Morgan fingerprint density at radius 2 is 2.00 bits per heavy atom. The summed E-state index contributed by atoms with van der Waals surface area (Å²) in [6.45, 7) is 2.27. The van der Waals surface area contributed by atoms with E-state index in [-0.39, 0.29) is 0 Å². The third-order valence-corrected chi connectivity index (χ3v) is 7.02. The van der Waals surface area contributed by atoms with E-state index in [0.717, 1.165) is 18.5 Å². The normalized spacial score (nSPS) is 25.8. The number of likely N-dealkylation sites (tertiary alicyclic amines) is 1. The van der Waals surface area contributed by atoms with E-state index in [2.05, 4.69) is 11.9 Å². The van der Waals surface area contributed by atoms with Crippen molar-refractivity contribution in [3.63, 3.8) is 0 Å². The van der Waals surface area contributed by atoms with Gasteiger partial charge < -0.3 is 9.32 Å². The Balaban J connectivity index is 1.71. The smallest absolute Gasteiger partial charge is 0.243 e. The van der Waals surface area contributed by atoms with Crippen molar-refractivity contribution in [1.82, 2.24) is 9.21 Å². The second-order valence-electron chi connectivity index (χ2n) is 6.43. The number of rotatable bonds is 3. The van der Waals surface area contributed by atoms with Gasteiger partial charge in [0, 0.05) is 30.3 Å². The summed E-state index contributed by atoms with van der Waals surface area (Å²) in [5, 5.41) is 0. The van der Waals surface area contributed by atoms with Crippen LogP contribution in [-0.4, -0.2) is 50.3 Å². The monoisotopic (exact) mass is 332 g/mol. The van der Waals surface area contributed by atoms with Crippen LogP contribution >= 0.6 is 0 Å². The molecule has 2 fully saturated rings. The molecule has 2 saturated heterocycles. The fourth-order valence-corrected chi connectivity index (χ4v) is 5.55. The quantitative estimate of drug-likeness (QED) is 0.865. The summed E-state index contributed by atoms with van der Waals surface area (Å²) in [5.74, 6) is 0.455. The third-order valence-electron chi connectivity index (χ3n) is 5.13. The highest BCUT2D eigenvalue weighted by molar-refractivity contribution is 7.89. The van der Waals surface area contributed by atoms with Gasteiger partial charge in [-0.25, -0.2) is 8.42 Å². The first-order chi connectivity index (χ1) is 11.1. The lowest BCUT2D eigenvalue weighted by Gasteiger charge is -2.21. The lowest BCUT2D eigenvalue weighted by atomic mass is 10.1. The van der Waals surface area contributed by atoms with Crippen LogP contribution in [0, 0.1) is 5.92 Å². The molecule has 3 heterocycles. The van der Waals surface area contributed by atoms with Crippen molar-refractivity contribution in [2.24, 2.45) is 5.92 Å². The molecular formula is C17H20N2O3S. The van der Waals surface area contributed by atoms with Gasteiger partial charge in [0.2, 0.25) is 10.0 Å². The molecule has 1 aromatic heterocycles. The van der Waals surface area contributed by atoms with E-state index in [0.29, 0.717) is 35.5 Å². The fourth-order valence-electron chi connectivity index (χ4n) is 3.82. The van der Waals surface area contributed by atoms with Gasteiger partial charge in [0.1, 0.15) is 0 Å². The summed E-state index contributed by atoms with van der Waals surface area (Å²) in [7, 11) is -1.41. The van der Waals surface area contributed by atoms with Gasteiger partial charge in [-0.05, 0) is 38.1 Å². The van der Waals surface area contributed by atoms with Gasteiger partial charge in [-0.15, -0.1) is 0 Å². The minimum Gasteiger partial charge on any atom is -0.472 e. The van der Waals surface area contributed by atoms with Crippen LogP contribution in [0.2, 0.25) is 0 Å². The zero-order valence-corrected chi connectivity index (χ0v) is 13.9. The Hall–Kier alpha value is -1.63. The van der Waals surface area contributed by atoms with Crippen molar-refractivity contribution in [2.45, 2.75) is 17.4 Å². The SMILES string of the molecule is CN1CC[C@H]2CN(S(=O)(=O)c3ccccc3-c3ccoc3)C[C@H]21. The summed E-state index contributed by atoms with van der Waals surface area (Å²) in [6.07, 6.45) is 4.23. The van der Waals surface area contributed by atoms with Gasteiger partial charge in [-0.3, -0.25) is 0 Å². The standard InChI is InChI=1S/C17H20N2O3S/c1-18-8-6-13-10-19(11-16(13)18)23(20,21)17-5-3-2-4-15(17)14-7-9-22-12-14/h2-5,7,9,12-13,16H,6,8,10-11H2,1H3/t13-,16+/m0/s1. The maximum atomic E-state index is 13.2. The Morgan fingerprint density at radius 1 is 1.17 bits per heavy atom. The third kappa shape index (κ3) is 2.41. The first-order valence-electron chi connectivity index (χ1n) is 7.89. The zero-order chi connectivity index (χ0) is 16.0. The summed E-state index contributed by atoms with van der Waals surface area (Å²) in [4.78, 5) is 2.64. The molecule has 4 rings (SSSR count). The molecule has 1 aromatic carbocycles. The molecule has 0 aliphatic carbocycles. The molecule has 0 radical (unpaired) electrons. The Kier molecular flexibility index (Phi) is 3.55. The molecule has 122 valence electrons. The molecule has 0 saturated carbocycles. The highest BCUT2D eigenvalue weighted by Gasteiger charge is 2.44. The van der Waals surface area contributed by atoms with E-state index in [1.165, 1.54) is 0 Å². The molecule has 23 heavy (non-hydrogen) atoms. The largest absolute Gasteiger partial charge is 0.472 e. The van der Waals surface area contributed by atoms with Crippen molar-refractivity contribution in [3.05, 3.63) is 42.9 Å². The number of fused-ring (bicyclic) bond motifs is 1. The molecule has 2 aliphatic heterocycles. The van der Waals surface area contributed by atoms with Gasteiger partial charge in [0.05, 0.1) is 17.4 Å². The number of likely N-dealkylation sites (N-methyl/N-ethyl adjacent to an activating group) is 1. The lowest BCUT2D eigenvalue weighted by Crippen LogP contribution is -2.35. The molecule has 2 aromatic rings. The van der Waals surface area contributed by atoms with Gasteiger partial charge in [0.15, 0.2) is 0 Å². The van der Waals surface area contributed by atoms with Crippen LogP contribution < -0.4 is 0 Å². The molecule has 2 aliphatic rings. The summed E-state index contributed by atoms with van der Waals surface area (Å²) in [6, 6.07) is 9.30. The molecule has 0 unspecified atom stereocenters. The summed E-state index contributed by atoms with van der Waals surface area (Å²) >= 11 is 0. The van der Waals surface area contributed by atoms with Crippen LogP contribution in [0.4, 0.5) is 0 Å². The van der Waals surface area contributed by atoms with E-state index >= 15 is 0 Å². The number of sulfonamides is 1. The second-order valence-corrected chi connectivity index (χ2v) is 8.33. The van der Waals surface area contributed by atoms with E-state index in [9.17, 15) is 8.42 Å². The molecule has 0 spiro atoms. The van der Waals surface area contributed by atoms with Gasteiger partial charge >= 0.3 is 0 Å². The molecule has 0 N–H and O–H groups in total. The average Bonchev–Trinajstić information content (AvgIpc) is 3.26. The number of nitrogens with zero attached hydrogens (tertiary/aromatic N) is 2. The second kappa shape index (κ2) is 5.47. The Bertz CT molecular complexity index is 801. The molecule has 0 amide bonds. The van der Waals surface area contributed by atoms with Crippen LogP contribution in [0.1, 0.15) is 6.42 Å². The van der Waals surface area contributed by atoms with Crippen molar-refractivity contribution < 1.29 is 12.8 Å². The Labute approximate surface area is 136 Å². The maximum absolute atomic E-state index is 13.2. The van der Waals surface area contributed by atoms with Crippen molar-refractivity contribution in [2.75, 3.05) is 26.7 Å². The molecule has 5 nitrogen and oxygen atoms in total. The van der Waals surface area contributed by atoms with E-state index in [4.69, 9.17) is 4.42 Å². The number of benzene rings is 1. The minimum absolute atomic E-state index is 0.353. The van der Waals surface area contributed by atoms with Crippen LogP contribution in [0.15, 0.2) is 52.2 Å². The first-order valence-corrected chi connectivity index (χ1v) is 9.33. The molecule has 6 heteroatoms. The van der Waals surface area contributed by atoms with E-state index in [1.54, 1.807) is 35.0 Å². The summed E-state index contributed by atoms with van der Waals surface area (Å²) in [5.41, 5.74) is 1.49. The molecular weight excluding hydrogens is 312 g/mol. The number of hydrogen-bond donors (Lipinski definition) is 0. The lowest BCUT2D eigenvalue weighted by molar-refractivity contribution is 0.297. The van der Waals surface area contributed by atoms with Gasteiger partial charge in [-0.1, -0.05) is 18.2 Å². The van der Waals surface area contributed by atoms with Gasteiger partial charge in [-0.2, -0.15) is 4.31 Å². The van der Waals surface area contributed by atoms with E-state index in [1.807, 2.05) is 12.1 Å². The highest BCUT2D eigenvalue weighted by atomic mass is 32.2. The van der Waals surface area contributed by atoms with Gasteiger partial charge in [0.25, 0.3) is 0 Å². The predicted molar refractivity (Wildman–Crippen MR) is 87.4 cm³/mol. The van der Waals surface area contributed by atoms with Crippen LogP contribution in [-0.2, 0) is 10.0 Å². The summed E-state index contributed by atoms with van der Waals surface area (Å²) < 4.78 is 33.1. The van der Waals surface area contributed by atoms with Crippen molar-refractivity contribution in [1.29, 1.82) is 0 Å². The predicted octanol–water partition coefficient (Wildman–Crippen LogP) is 2.27. The fraction of sp³-hybridized carbons (Fsp3) is 0.412. The molecule has 2 atom stereocenters. The van der Waals surface area contributed by atoms with Crippen molar-refractivity contribution in [3.8, 4) is 11.1 Å². The topological polar surface area (TPSA) is 53.8 Å². The van der Waals surface area contributed by atoms with Crippen molar-refractivity contribution >= 4 is 10.0 Å². The van der Waals surface area contributed by atoms with E-state index < -0.39 is 10.0 Å². The highest BCUT2D eigenvalue weighted by Crippen LogP contribution is 2.36.